The van der Waals surface area contributed by atoms with Crippen LogP contribution in [0.2, 0.25) is 0 Å². The third kappa shape index (κ3) is 3.34. The van der Waals surface area contributed by atoms with E-state index < -0.39 is 11.6 Å². The summed E-state index contributed by atoms with van der Waals surface area (Å²) in [7, 11) is 0. The van der Waals surface area contributed by atoms with Crippen molar-refractivity contribution in [2.45, 2.75) is 12.5 Å². The van der Waals surface area contributed by atoms with Crippen molar-refractivity contribution in [3.8, 4) is 0 Å². The smallest absolute Gasteiger partial charge is 0.330 e. The third-order valence-electron chi connectivity index (χ3n) is 2.84. The second-order valence-corrected chi connectivity index (χ2v) is 4.17. The van der Waals surface area contributed by atoms with Crippen LogP contribution in [0, 0.1) is 0 Å². The van der Waals surface area contributed by atoms with Gasteiger partial charge in [-0.2, -0.15) is 30.3 Å². The van der Waals surface area contributed by atoms with Crippen molar-refractivity contribution in [3.05, 3.63) is 60.2 Å². The van der Waals surface area contributed by atoms with Gasteiger partial charge < -0.3 is 5.32 Å². The first-order chi connectivity index (χ1) is 8.63. The molecule has 0 bridgehead atoms. The monoisotopic (exact) mass is 298 g/mol. The summed E-state index contributed by atoms with van der Waals surface area (Å²) < 4.78 is 0. The first-order valence-electron chi connectivity index (χ1n) is 5.65. The molecule has 1 aliphatic heterocycles. The molecule has 4 nitrogen and oxygen atoms in total. The first-order valence-corrected chi connectivity index (χ1v) is 5.65. The summed E-state index contributed by atoms with van der Waals surface area (Å²) in [6.07, 6.45) is 0. The summed E-state index contributed by atoms with van der Waals surface area (Å²) in [5, 5.41) is 4.79. The maximum absolute atomic E-state index is 11.4. The Morgan fingerprint density at radius 2 is 1.68 bits per heavy atom. The van der Waals surface area contributed by atoms with Crippen LogP contribution in [0.25, 0.3) is 0 Å². The second-order valence-electron chi connectivity index (χ2n) is 4.17. The van der Waals surface area contributed by atoms with Gasteiger partial charge in [0.25, 0.3) is 0 Å². The molecule has 19 heavy (non-hydrogen) atoms. The Bertz CT molecular complexity index is 502. The summed E-state index contributed by atoms with van der Waals surface area (Å²) in [5.74, 6) is -0.302. The van der Waals surface area contributed by atoms with Crippen LogP contribution in [-0.2, 0) is 27.4 Å². The number of urea groups is 1. The predicted molar refractivity (Wildman–Crippen MR) is 68.1 cm³/mol. The number of hydrogen-bond acceptors (Lipinski definition) is 2. The molecule has 3 amide bonds. The van der Waals surface area contributed by atoms with Crippen molar-refractivity contribution in [3.63, 3.8) is 0 Å². The normalized spacial score (nSPS) is 20.7. The Morgan fingerprint density at radius 1 is 1.11 bits per heavy atom. The molecular weight excluding hydrogens is 284 g/mol. The molecule has 0 spiro atoms. The molecule has 1 aliphatic rings. The summed E-state index contributed by atoms with van der Waals surface area (Å²) in [6, 6.07) is 16.8. The molecule has 2 aromatic rings. The van der Waals surface area contributed by atoms with Gasteiger partial charge in [0, 0.05) is 0 Å². The minimum atomic E-state index is -0.902. The molecule has 0 radical (unpaired) electrons. The van der Waals surface area contributed by atoms with Crippen molar-refractivity contribution in [1.29, 1.82) is 0 Å². The molecule has 0 aliphatic carbocycles. The number of carbonyl (C=O) groups is 2. The quantitative estimate of drug-likeness (QED) is 0.480. The van der Waals surface area contributed by atoms with E-state index in [-0.39, 0.29) is 23.0 Å². The topological polar surface area (TPSA) is 58.2 Å². The molecule has 1 heterocycles. The van der Waals surface area contributed by atoms with Crippen molar-refractivity contribution in [1.82, 2.24) is 10.6 Å². The van der Waals surface area contributed by atoms with Crippen LogP contribution in [0.4, 0.5) is 4.79 Å². The van der Waals surface area contributed by atoms with Gasteiger partial charge in [-0.3, -0.25) is 10.1 Å². The van der Waals surface area contributed by atoms with E-state index in [2.05, 4.69) is 10.6 Å². The number of hydrogen-bond donors (Lipinski definition) is 2. The number of nitrogens with one attached hydrogen (secondary N) is 2. The fourth-order valence-electron chi connectivity index (χ4n) is 1.77. The Hall–Kier alpha value is -1.84. The van der Waals surface area contributed by atoms with Crippen LogP contribution in [0.15, 0.2) is 54.6 Å². The van der Waals surface area contributed by atoms with Gasteiger partial charge in [-0.25, -0.2) is 29.1 Å². The SMILES string of the molecule is CC1([c-]2cccc2)NC(=O)NC1=O.[Fe+2].c1cc[cH-]c1. The minimum Gasteiger partial charge on any atom is -0.330 e. The molecule has 2 aromatic carbocycles. The largest absolute Gasteiger partial charge is 2.00 e. The summed E-state index contributed by atoms with van der Waals surface area (Å²) in [4.78, 5) is 22.3. The Morgan fingerprint density at radius 3 is 2.05 bits per heavy atom. The molecule has 1 unspecified atom stereocenters. The molecule has 100 valence electrons. The molecular formula is C14H14FeN2O2. The van der Waals surface area contributed by atoms with Gasteiger partial charge in [-0.1, -0.05) is 0 Å². The minimum absolute atomic E-state index is 0. The molecule has 1 atom stereocenters. The Balaban J connectivity index is 0.000000256. The Kier molecular flexibility index (Phi) is 5.10. The molecule has 1 fully saturated rings. The van der Waals surface area contributed by atoms with E-state index in [9.17, 15) is 9.59 Å². The number of carbonyl (C=O) groups excluding carboxylic acids is 2. The average molecular weight is 298 g/mol. The summed E-state index contributed by atoms with van der Waals surface area (Å²) in [6.45, 7) is 1.68. The molecule has 5 heteroatoms. The molecule has 3 rings (SSSR count). The zero-order chi connectivity index (χ0) is 13.0. The standard InChI is InChI=1S/C9H9N2O2.C5H5.Fe/c1-9(6-4-2-3-5-6)7(12)10-8(13)11-9;1-2-4-5-3-1;/h2-5H,1H3,(H2,10,11,12,13);1-5H;/q2*-1;+2. The third-order valence-corrected chi connectivity index (χ3v) is 2.84. The second kappa shape index (κ2) is 6.36. The molecule has 1 saturated heterocycles. The van der Waals surface area contributed by atoms with E-state index in [1.807, 2.05) is 54.6 Å². The van der Waals surface area contributed by atoms with Gasteiger partial charge >= 0.3 is 23.1 Å². The van der Waals surface area contributed by atoms with Crippen LogP contribution >= 0.6 is 0 Å². The van der Waals surface area contributed by atoms with Crippen LogP contribution in [0.5, 0.6) is 0 Å². The zero-order valence-corrected chi connectivity index (χ0v) is 11.5. The van der Waals surface area contributed by atoms with Gasteiger partial charge in [0.15, 0.2) is 0 Å². The van der Waals surface area contributed by atoms with E-state index in [1.165, 1.54) is 0 Å². The predicted octanol–water partition coefficient (Wildman–Crippen LogP) is 1.86. The maximum atomic E-state index is 11.4. The van der Waals surface area contributed by atoms with Gasteiger partial charge in [-0.15, -0.1) is 5.56 Å². The van der Waals surface area contributed by atoms with E-state index in [1.54, 1.807) is 6.92 Å². The summed E-state index contributed by atoms with van der Waals surface area (Å²) in [5.41, 5.74) is -0.100. The van der Waals surface area contributed by atoms with E-state index >= 15 is 0 Å². The number of amides is 3. The first kappa shape index (κ1) is 15.2. The molecule has 0 aromatic heterocycles. The van der Waals surface area contributed by atoms with Crippen LogP contribution in [0.3, 0.4) is 0 Å². The van der Waals surface area contributed by atoms with E-state index in [0.717, 1.165) is 5.56 Å². The fraction of sp³-hybridized carbons (Fsp3) is 0.143. The maximum Gasteiger partial charge on any atom is 2.00 e. The van der Waals surface area contributed by atoms with Gasteiger partial charge in [0.2, 0.25) is 5.91 Å². The van der Waals surface area contributed by atoms with Crippen molar-refractivity contribution in [2.24, 2.45) is 0 Å². The van der Waals surface area contributed by atoms with E-state index in [0.29, 0.717) is 0 Å². The van der Waals surface area contributed by atoms with Crippen LogP contribution in [0.1, 0.15) is 12.5 Å². The van der Waals surface area contributed by atoms with E-state index in [4.69, 9.17) is 0 Å². The van der Waals surface area contributed by atoms with Crippen LogP contribution < -0.4 is 10.6 Å². The van der Waals surface area contributed by atoms with Gasteiger partial charge in [0.1, 0.15) is 0 Å². The van der Waals surface area contributed by atoms with Crippen molar-refractivity contribution in [2.75, 3.05) is 0 Å². The molecule has 2 N–H and O–H groups in total. The average Bonchev–Trinajstić information content (AvgIpc) is 3.05. The van der Waals surface area contributed by atoms with Crippen molar-refractivity contribution < 1.29 is 26.7 Å². The Labute approximate surface area is 122 Å². The zero-order valence-electron chi connectivity index (χ0n) is 10.4. The molecule has 0 saturated carbocycles. The fourth-order valence-corrected chi connectivity index (χ4v) is 1.77. The number of imide groups is 1. The van der Waals surface area contributed by atoms with Crippen molar-refractivity contribution >= 4 is 11.9 Å². The summed E-state index contributed by atoms with van der Waals surface area (Å²) >= 11 is 0. The van der Waals surface area contributed by atoms with Gasteiger partial charge in [0.05, 0.1) is 5.54 Å². The van der Waals surface area contributed by atoms with Gasteiger partial charge in [-0.05, 0) is 6.92 Å². The van der Waals surface area contributed by atoms with Crippen LogP contribution in [-0.4, -0.2) is 11.9 Å². The number of rotatable bonds is 1.